The van der Waals surface area contributed by atoms with Crippen molar-refractivity contribution in [3.8, 4) is 17.1 Å². The monoisotopic (exact) mass is 418 g/mol. The van der Waals surface area contributed by atoms with Crippen LogP contribution in [0.1, 0.15) is 50.2 Å². The highest BCUT2D eigenvalue weighted by molar-refractivity contribution is 6.99. The molecule has 0 aromatic carbocycles. The molecule has 0 radical (unpaired) electrons. The number of aromatic nitrogens is 3. The van der Waals surface area contributed by atoms with Gasteiger partial charge in [-0.2, -0.15) is 4.37 Å². The number of pyridine rings is 1. The SMILES string of the molecule is [2H]C([2H])([2H])C([2H])([2H])C([2H])([2H])C([2H])([2H])C([2H])([2H])C([2H])([2H])Oc1nsnc1-c1ccc[n+](C)c1.[I-]. The zero-order valence-corrected chi connectivity index (χ0v) is 13.3. The molecule has 0 amide bonds. The van der Waals surface area contributed by atoms with Gasteiger partial charge in [0.1, 0.15) is 7.05 Å². The first-order valence-corrected chi connectivity index (χ1v) is 5.91. The first-order chi connectivity index (χ1) is 14.2. The van der Waals surface area contributed by atoms with E-state index in [2.05, 4.69) is 8.75 Å². The quantitative estimate of drug-likeness (QED) is 0.469. The van der Waals surface area contributed by atoms with Crippen molar-refractivity contribution in [1.29, 1.82) is 0 Å². The fourth-order valence-electron chi connectivity index (χ4n) is 1.31. The maximum absolute atomic E-state index is 8.04. The number of hydrogen-bond acceptors (Lipinski definition) is 4. The Bertz CT molecular complexity index is 979. The van der Waals surface area contributed by atoms with Crippen LogP contribution in [0.15, 0.2) is 24.5 Å². The van der Waals surface area contributed by atoms with E-state index in [0.717, 1.165) is 0 Å². The Labute approximate surface area is 159 Å². The van der Waals surface area contributed by atoms with Gasteiger partial charge in [-0.15, -0.1) is 4.37 Å². The number of rotatable bonds is 7. The van der Waals surface area contributed by atoms with E-state index in [1.165, 1.54) is 0 Å². The first kappa shape index (κ1) is 6.16. The molecule has 0 aliphatic rings. The highest BCUT2D eigenvalue weighted by Gasteiger charge is 2.14. The topological polar surface area (TPSA) is 38.9 Å². The van der Waals surface area contributed by atoms with Crippen molar-refractivity contribution in [1.82, 2.24) is 8.75 Å². The van der Waals surface area contributed by atoms with E-state index in [4.69, 9.17) is 22.6 Å². The van der Waals surface area contributed by atoms with Crippen molar-refractivity contribution >= 4 is 11.7 Å². The molecule has 0 saturated carbocycles. The third-order valence-electron chi connectivity index (χ3n) is 2.06. The molecular weight excluding hydrogens is 385 g/mol. The van der Waals surface area contributed by atoms with Crippen molar-refractivity contribution in [2.45, 2.75) is 32.3 Å². The van der Waals surface area contributed by atoms with Crippen molar-refractivity contribution in [2.75, 3.05) is 6.56 Å². The molecule has 0 fully saturated rings. The van der Waals surface area contributed by atoms with Crippen LogP contribution in [-0.2, 0) is 7.05 Å². The maximum Gasteiger partial charge on any atom is 0.254 e. The van der Waals surface area contributed by atoms with Gasteiger partial charge in [0, 0.05) is 21.1 Å². The second kappa shape index (κ2) is 9.23. The van der Waals surface area contributed by atoms with Gasteiger partial charge < -0.3 is 28.7 Å². The van der Waals surface area contributed by atoms with E-state index in [1.54, 1.807) is 36.1 Å². The van der Waals surface area contributed by atoms with Crippen molar-refractivity contribution in [3.63, 3.8) is 0 Å². The Morgan fingerprint density at radius 3 is 3.10 bits per heavy atom. The van der Waals surface area contributed by atoms with E-state index in [-0.39, 0.29) is 29.7 Å². The molecule has 0 atom stereocenters. The Hall–Kier alpha value is -0.760. The van der Waals surface area contributed by atoms with Crippen molar-refractivity contribution in [2.24, 2.45) is 7.05 Å². The van der Waals surface area contributed by atoms with Crippen LogP contribution in [0, 0.1) is 0 Å². The summed E-state index contributed by atoms with van der Waals surface area (Å²) in [6, 6.07) is 3.24. The lowest BCUT2D eigenvalue weighted by Crippen LogP contribution is -3.00. The molecule has 2 heterocycles. The van der Waals surface area contributed by atoms with E-state index < -0.39 is 44.8 Å². The van der Waals surface area contributed by atoms with Gasteiger partial charge in [0.05, 0.1) is 26.6 Å². The predicted molar refractivity (Wildman–Crippen MR) is 76.2 cm³/mol. The van der Waals surface area contributed by atoms with Crippen LogP contribution in [0.25, 0.3) is 11.3 Å². The number of hydrogen-bond donors (Lipinski definition) is 0. The second-order valence-corrected chi connectivity index (χ2v) is 3.91. The molecule has 2 aromatic rings. The molecule has 0 spiro atoms. The number of nitrogens with zero attached hydrogens (tertiary/aromatic N) is 3. The summed E-state index contributed by atoms with van der Waals surface area (Å²) in [5.74, 6) is -0.495. The first-order valence-electron chi connectivity index (χ1n) is 11.7. The zero-order valence-electron chi connectivity index (χ0n) is 23.3. The molecule has 4 nitrogen and oxygen atoms in total. The van der Waals surface area contributed by atoms with Crippen LogP contribution in [0.3, 0.4) is 0 Å². The Morgan fingerprint density at radius 2 is 2.30 bits per heavy atom. The van der Waals surface area contributed by atoms with Gasteiger partial charge >= 0.3 is 0 Å². The standard InChI is InChI=1S/C14H20N3OS.HI/c1-3-4-5-6-10-18-14-13(15-19-16-14)12-8-7-9-17(2)11-12;/h7-9,11H,3-6,10H2,1-2H3;1H/q+1;/p-1/i1D3,3D2,4D2,5D2,6D2,10D2;. The van der Waals surface area contributed by atoms with E-state index >= 15 is 0 Å². The minimum atomic E-state index is -4.01. The Balaban J connectivity index is 0.00000544. The lowest BCUT2D eigenvalue weighted by molar-refractivity contribution is -0.671. The average molecular weight is 418 g/mol. The minimum absolute atomic E-state index is 0. The van der Waals surface area contributed by atoms with Crippen LogP contribution < -0.4 is 33.3 Å². The number of aryl methyl sites for hydroxylation is 1. The van der Waals surface area contributed by atoms with Crippen LogP contribution in [-0.4, -0.2) is 15.3 Å². The van der Waals surface area contributed by atoms with Gasteiger partial charge in [0.25, 0.3) is 5.88 Å². The smallest absolute Gasteiger partial charge is 0.254 e. The van der Waals surface area contributed by atoms with E-state index in [0.29, 0.717) is 17.3 Å². The fourth-order valence-corrected chi connectivity index (χ4v) is 1.82. The molecule has 0 saturated heterocycles. The van der Waals surface area contributed by atoms with Gasteiger partial charge in [0.2, 0.25) is 0 Å². The fraction of sp³-hybridized carbons (Fsp3) is 0.500. The zero-order chi connectivity index (χ0) is 25.0. The predicted octanol–water partition coefficient (Wildman–Crippen LogP) is -0.00730. The molecule has 0 unspecified atom stereocenters. The second-order valence-electron chi connectivity index (χ2n) is 3.38. The molecule has 0 aliphatic heterocycles. The van der Waals surface area contributed by atoms with Gasteiger partial charge in [-0.3, -0.25) is 0 Å². The molecular formula is C14H20IN3OS. The lowest BCUT2D eigenvalue weighted by atomic mass is 10.2. The number of halogens is 1. The summed E-state index contributed by atoms with van der Waals surface area (Å²) < 4.78 is 115. The molecule has 0 N–H and O–H groups in total. The average Bonchev–Trinajstić information content (AvgIpc) is 3.07. The minimum Gasteiger partial charge on any atom is -1.00 e. The molecule has 0 bridgehead atoms. The van der Waals surface area contributed by atoms with Crippen LogP contribution in [0.4, 0.5) is 0 Å². The Kier molecular flexibility index (Phi) is 2.84. The summed E-state index contributed by atoms with van der Waals surface area (Å²) >= 11 is 0.613. The number of ether oxygens (including phenoxy) is 1. The molecule has 110 valence electrons. The Morgan fingerprint density at radius 1 is 1.40 bits per heavy atom. The molecule has 2 rings (SSSR count). The summed E-state index contributed by atoms with van der Waals surface area (Å²) in [7, 11) is 1.71. The molecule has 6 heteroatoms. The molecule has 2 aromatic heterocycles. The summed E-state index contributed by atoms with van der Waals surface area (Å²) in [4.78, 5) is 0. The normalized spacial score (nSPS) is 23.9. The van der Waals surface area contributed by atoms with Crippen LogP contribution in [0.2, 0.25) is 0 Å². The highest BCUT2D eigenvalue weighted by Crippen LogP contribution is 2.26. The van der Waals surface area contributed by atoms with Gasteiger partial charge in [0.15, 0.2) is 18.1 Å². The van der Waals surface area contributed by atoms with E-state index in [1.807, 2.05) is 0 Å². The molecule has 20 heavy (non-hydrogen) atoms. The third-order valence-corrected chi connectivity index (χ3v) is 2.57. The molecule has 0 aliphatic carbocycles. The largest absolute Gasteiger partial charge is 1.00 e. The van der Waals surface area contributed by atoms with Crippen LogP contribution in [0.5, 0.6) is 5.88 Å². The van der Waals surface area contributed by atoms with Crippen molar-refractivity contribution < 1.29 is 51.1 Å². The van der Waals surface area contributed by atoms with Gasteiger partial charge in [-0.1, -0.05) is 26.0 Å². The van der Waals surface area contributed by atoms with Crippen LogP contribution >= 0.6 is 11.7 Å². The summed E-state index contributed by atoms with van der Waals surface area (Å²) in [5, 5.41) is 0. The van der Waals surface area contributed by atoms with Gasteiger partial charge in [-0.25, -0.2) is 4.57 Å². The van der Waals surface area contributed by atoms with Crippen molar-refractivity contribution in [3.05, 3.63) is 24.5 Å². The summed E-state index contributed by atoms with van der Waals surface area (Å²) in [5.41, 5.74) is 0.444. The maximum atomic E-state index is 8.04. The summed E-state index contributed by atoms with van der Waals surface area (Å²) in [6.07, 6.45) is -12.5. The van der Waals surface area contributed by atoms with E-state index in [9.17, 15) is 0 Å². The van der Waals surface area contributed by atoms with Gasteiger partial charge in [-0.05, 0) is 12.4 Å². The highest BCUT2D eigenvalue weighted by atomic mass is 127. The third kappa shape index (κ3) is 4.97. The summed E-state index contributed by atoms with van der Waals surface area (Å²) in [6.45, 7) is -7.28. The lowest BCUT2D eigenvalue weighted by Gasteiger charge is -2.04.